The number of carboxylic acid groups (broad SMARTS) is 1. The largest absolute Gasteiger partial charge is 0.548 e. The molecule has 0 bridgehead atoms. The van der Waals surface area contributed by atoms with Crippen LogP contribution in [0.2, 0.25) is 0 Å². The molecule has 0 aliphatic rings. The number of aliphatic carboxylic acids is 1. The first-order chi connectivity index (χ1) is 14.6. The Balaban J connectivity index is 1.79. The van der Waals surface area contributed by atoms with Crippen LogP contribution in [0, 0.1) is 0 Å². The molecule has 0 saturated carbocycles. The molecule has 0 spiro atoms. The normalized spacial score (nSPS) is 11.8. The van der Waals surface area contributed by atoms with Crippen molar-refractivity contribution < 1.29 is 14.7 Å². The molecular weight excluding hydrogens is 400 g/mol. The van der Waals surface area contributed by atoms with E-state index in [9.17, 15) is 14.7 Å². The van der Waals surface area contributed by atoms with Gasteiger partial charge in [0, 0.05) is 11.3 Å². The monoisotopic (exact) mass is 423 g/mol. The van der Waals surface area contributed by atoms with Crippen LogP contribution in [0.1, 0.15) is 26.2 Å². The Morgan fingerprint density at radius 2 is 1.73 bits per heavy atom. The summed E-state index contributed by atoms with van der Waals surface area (Å²) >= 11 is 1.21. The number of carbonyl (C=O) groups is 2. The second-order valence-corrected chi connectivity index (χ2v) is 7.66. The van der Waals surface area contributed by atoms with Gasteiger partial charge in [-0.15, -0.1) is 10.2 Å². The zero-order valence-corrected chi connectivity index (χ0v) is 17.5. The summed E-state index contributed by atoms with van der Waals surface area (Å²) in [5.41, 5.74) is 1.78. The number of rotatable bonds is 10. The van der Waals surface area contributed by atoms with E-state index in [1.807, 2.05) is 72.2 Å². The molecule has 1 amide bonds. The van der Waals surface area contributed by atoms with E-state index in [1.165, 1.54) is 11.8 Å². The molecule has 0 aliphatic heterocycles. The van der Waals surface area contributed by atoms with Crippen LogP contribution in [0.5, 0.6) is 0 Å². The van der Waals surface area contributed by atoms with Crippen LogP contribution >= 0.6 is 11.8 Å². The van der Waals surface area contributed by atoms with E-state index >= 15 is 0 Å². The Labute approximate surface area is 179 Å². The molecule has 0 radical (unpaired) electrons. The van der Waals surface area contributed by atoms with E-state index in [-0.39, 0.29) is 11.7 Å². The van der Waals surface area contributed by atoms with Gasteiger partial charge in [-0.05, 0) is 18.6 Å². The summed E-state index contributed by atoms with van der Waals surface area (Å²) < 4.78 is 1.89. The van der Waals surface area contributed by atoms with Gasteiger partial charge in [-0.2, -0.15) is 0 Å². The smallest absolute Gasteiger partial charge is 0.230 e. The number of nitrogens with zero attached hydrogens (tertiary/aromatic N) is 3. The van der Waals surface area contributed by atoms with E-state index in [2.05, 4.69) is 15.5 Å². The highest BCUT2D eigenvalue weighted by molar-refractivity contribution is 7.99. The van der Waals surface area contributed by atoms with Crippen LogP contribution < -0.4 is 10.4 Å². The van der Waals surface area contributed by atoms with Crippen LogP contribution in [-0.4, -0.2) is 38.4 Å². The zero-order valence-electron chi connectivity index (χ0n) is 16.7. The lowest BCUT2D eigenvalue weighted by Crippen LogP contribution is -2.48. The summed E-state index contributed by atoms with van der Waals surface area (Å²) in [6, 6.07) is 18.3. The minimum absolute atomic E-state index is 0.0235. The Morgan fingerprint density at radius 1 is 1.07 bits per heavy atom. The Bertz CT molecular complexity index is 977. The molecule has 0 saturated heterocycles. The van der Waals surface area contributed by atoms with Gasteiger partial charge in [-0.1, -0.05) is 80.1 Å². The summed E-state index contributed by atoms with van der Waals surface area (Å²) in [4.78, 5) is 23.6. The van der Waals surface area contributed by atoms with Crippen molar-refractivity contribution in [2.45, 2.75) is 37.4 Å². The van der Waals surface area contributed by atoms with Gasteiger partial charge in [0.1, 0.15) is 0 Å². The Morgan fingerprint density at radius 3 is 2.37 bits per heavy atom. The molecule has 7 nitrogen and oxygen atoms in total. The van der Waals surface area contributed by atoms with Gasteiger partial charge >= 0.3 is 0 Å². The van der Waals surface area contributed by atoms with E-state index in [0.29, 0.717) is 23.8 Å². The summed E-state index contributed by atoms with van der Waals surface area (Å²) in [6.07, 6.45) is 1.90. The Kier molecular flexibility index (Phi) is 7.62. The van der Waals surface area contributed by atoms with Gasteiger partial charge in [0.25, 0.3) is 0 Å². The third-order valence-electron chi connectivity index (χ3n) is 4.48. The number of carboxylic acids is 1. The second kappa shape index (κ2) is 10.6. The maximum Gasteiger partial charge on any atom is 0.230 e. The number of para-hydroxylation sites is 1. The van der Waals surface area contributed by atoms with E-state index in [0.717, 1.165) is 17.7 Å². The fourth-order valence-electron chi connectivity index (χ4n) is 2.97. The average molecular weight is 424 g/mol. The molecule has 0 aliphatic carbocycles. The van der Waals surface area contributed by atoms with Crippen molar-refractivity contribution in [2.24, 2.45) is 0 Å². The number of carbonyl (C=O) groups excluding carboxylic acids is 2. The van der Waals surface area contributed by atoms with Crippen LogP contribution in [0.25, 0.3) is 17.1 Å². The number of thioether (sulfide) groups is 1. The van der Waals surface area contributed by atoms with Crippen molar-refractivity contribution in [3.05, 3.63) is 60.7 Å². The quantitative estimate of drug-likeness (QED) is 0.503. The Hall–Kier alpha value is -3.13. The number of aromatic nitrogens is 3. The second-order valence-electron chi connectivity index (χ2n) is 6.71. The van der Waals surface area contributed by atoms with Gasteiger partial charge in [0.15, 0.2) is 11.0 Å². The molecule has 0 unspecified atom stereocenters. The van der Waals surface area contributed by atoms with E-state index in [4.69, 9.17) is 0 Å². The standard InChI is InChI=1S/C22H24N4O3S/c1-2-3-14-18(21(28)29)23-19(27)15-30-22-25-24-20(16-10-6-4-7-11-16)26(22)17-12-8-5-9-13-17/h4-13,18H,2-3,14-15H2,1H3,(H,23,27)(H,28,29)/p-1/t18-/m1/s1. The summed E-state index contributed by atoms with van der Waals surface area (Å²) in [7, 11) is 0. The minimum Gasteiger partial charge on any atom is -0.548 e. The highest BCUT2D eigenvalue weighted by Crippen LogP contribution is 2.27. The summed E-state index contributed by atoms with van der Waals surface area (Å²) in [6.45, 7) is 1.96. The van der Waals surface area contributed by atoms with Crippen molar-refractivity contribution in [3.8, 4) is 17.1 Å². The fourth-order valence-corrected chi connectivity index (χ4v) is 3.73. The number of nitrogens with one attached hydrogen (secondary N) is 1. The lowest BCUT2D eigenvalue weighted by molar-refractivity contribution is -0.308. The predicted molar refractivity (Wildman–Crippen MR) is 114 cm³/mol. The molecule has 156 valence electrons. The molecule has 1 N–H and O–H groups in total. The van der Waals surface area contributed by atoms with Gasteiger partial charge in [0.2, 0.25) is 5.91 Å². The van der Waals surface area contributed by atoms with Crippen LogP contribution in [0.15, 0.2) is 65.8 Å². The highest BCUT2D eigenvalue weighted by atomic mass is 32.2. The minimum atomic E-state index is -1.26. The summed E-state index contributed by atoms with van der Waals surface area (Å²) in [5, 5.41) is 22.9. The first kappa shape index (κ1) is 21.6. The average Bonchev–Trinajstić information content (AvgIpc) is 3.20. The number of hydrogen-bond donors (Lipinski definition) is 1. The van der Waals surface area contributed by atoms with Crippen molar-refractivity contribution in [2.75, 3.05) is 5.75 Å². The number of amides is 1. The first-order valence-corrected chi connectivity index (χ1v) is 10.8. The maximum absolute atomic E-state index is 12.3. The van der Waals surface area contributed by atoms with Gasteiger partial charge in [-0.3, -0.25) is 9.36 Å². The molecule has 1 atom stereocenters. The topological polar surface area (TPSA) is 99.9 Å². The van der Waals surface area contributed by atoms with Crippen molar-refractivity contribution in [3.63, 3.8) is 0 Å². The van der Waals surface area contributed by atoms with Gasteiger partial charge in [-0.25, -0.2) is 0 Å². The molecule has 1 heterocycles. The molecule has 1 aromatic heterocycles. The molecule has 30 heavy (non-hydrogen) atoms. The highest BCUT2D eigenvalue weighted by Gasteiger charge is 2.18. The van der Waals surface area contributed by atoms with Gasteiger partial charge in [0.05, 0.1) is 17.8 Å². The third-order valence-corrected chi connectivity index (χ3v) is 5.41. The van der Waals surface area contributed by atoms with Gasteiger partial charge < -0.3 is 15.2 Å². The first-order valence-electron chi connectivity index (χ1n) is 9.79. The van der Waals surface area contributed by atoms with Crippen LogP contribution in [-0.2, 0) is 9.59 Å². The molecule has 3 rings (SSSR count). The van der Waals surface area contributed by atoms with Crippen LogP contribution in [0.4, 0.5) is 0 Å². The zero-order chi connectivity index (χ0) is 21.3. The predicted octanol–water partition coefficient (Wildman–Crippen LogP) is 2.45. The SMILES string of the molecule is CCCC[C@@H](NC(=O)CSc1nnc(-c2ccccc2)n1-c1ccccc1)C(=O)[O-]. The van der Waals surface area contributed by atoms with Crippen molar-refractivity contribution >= 4 is 23.6 Å². The van der Waals surface area contributed by atoms with Crippen molar-refractivity contribution in [1.82, 2.24) is 20.1 Å². The third kappa shape index (κ3) is 5.48. The van der Waals surface area contributed by atoms with E-state index in [1.54, 1.807) is 0 Å². The number of hydrogen-bond acceptors (Lipinski definition) is 6. The lowest BCUT2D eigenvalue weighted by Gasteiger charge is -2.19. The number of unbranched alkanes of at least 4 members (excludes halogenated alkanes) is 1. The van der Waals surface area contributed by atoms with Crippen LogP contribution in [0.3, 0.4) is 0 Å². The molecule has 8 heteroatoms. The lowest BCUT2D eigenvalue weighted by atomic mass is 10.1. The number of benzene rings is 2. The molecule has 2 aromatic carbocycles. The van der Waals surface area contributed by atoms with E-state index < -0.39 is 12.0 Å². The van der Waals surface area contributed by atoms with Crippen molar-refractivity contribution in [1.29, 1.82) is 0 Å². The molecule has 3 aromatic rings. The molecular formula is C22H23N4O3S-. The maximum atomic E-state index is 12.3. The molecule has 0 fully saturated rings. The summed E-state index contributed by atoms with van der Waals surface area (Å²) in [5.74, 6) is -0.953. The fraction of sp³-hybridized carbons (Fsp3) is 0.273.